The first-order valence-electron chi connectivity index (χ1n) is 7.07. The van der Waals surface area contributed by atoms with E-state index >= 15 is 0 Å². The molecule has 0 aliphatic carbocycles. The van der Waals surface area contributed by atoms with Gasteiger partial charge < -0.3 is 10.1 Å². The van der Waals surface area contributed by atoms with Gasteiger partial charge in [-0.3, -0.25) is 4.79 Å². The average molecular weight is 344 g/mol. The molecule has 2 rings (SSSR count). The molecule has 0 spiro atoms. The summed E-state index contributed by atoms with van der Waals surface area (Å²) in [4.78, 5) is 12.3. The number of amides is 1. The van der Waals surface area contributed by atoms with Gasteiger partial charge in [0.1, 0.15) is 5.75 Å². The summed E-state index contributed by atoms with van der Waals surface area (Å²) in [6, 6.07) is 14.3. The van der Waals surface area contributed by atoms with E-state index in [-0.39, 0.29) is 10.8 Å². The van der Waals surface area contributed by atoms with E-state index in [1.54, 1.807) is 31.2 Å². The first-order chi connectivity index (χ1) is 11.3. The van der Waals surface area contributed by atoms with Crippen molar-refractivity contribution in [1.29, 1.82) is 5.26 Å². The van der Waals surface area contributed by atoms with Crippen molar-refractivity contribution < 1.29 is 17.9 Å². The van der Waals surface area contributed by atoms with Gasteiger partial charge in [-0.05, 0) is 55.5 Å². The van der Waals surface area contributed by atoms with E-state index in [2.05, 4.69) is 5.32 Å². The molecule has 7 heteroatoms. The molecule has 0 heterocycles. The molecule has 124 valence electrons. The van der Waals surface area contributed by atoms with E-state index in [4.69, 9.17) is 10.00 Å². The Labute approximate surface area is 140 Å². The number of sulfone groups is 1. The van der Waals surface area contributed by atoms with Crippen LogP contribution in [0, 0.1) is 11.3 Å². The normalized spacial score (nSPS) is 12.0. The Morgan fingerprint density at radius 1 is 1.12 bits per heavy atom. The molecule has 2 aromatic rings. The van der Waals surface area contributed by atoms with Crippen LogP contribution in [0.15, 0.2) is 53.4 Å². The van der Waals surface area contributed by atoms with Crippen LogP contribution in [0.3, 0.4) is 0 Å². The van der Waals surface area contributed by atoms with Gasteiger partial charge in [0.05, 0.1) is 16.5 Å². The Hall–Kier alpha value is -2.85. The molecule has 0 saturated carbocycles. The first-order valence-corrected chi connectivity index (χ1v) is 8.96. The lowest BCUT2D eigenvalue weighted by Crippen LogP contribution is -2.30. The van der Waals surface area contributed by atoms with Gasteiger partial charge in [0.15, 0.2) is 15.9 Å². The summed E-state index contributed by atoms with van der Waals surface area (Å²) < 4.78 is 28.3. The number of nitrogens with one attached hydrogen (secondary N) is 1. The third kappa shape index (κ3) is 4.57. The molecular weight excluding hydrogens is 328 g/mol. The lowest BCUT2D eigenvalue weighted by Gasteiger charge is -2.15. The molecule has 0 aromatic heterocycles. The second-order valence-electron chi connectivity index (χ2n) is 5.18. The minimum atomic E-state index is -3.27. The van der Waals surface area contributed by atoms with E-state index in [1.165, 1.54) is 24.3 Å². The summed E-state index contributed by atoms with van der Waals surface area (Å²) >= 11 is 0. The van der Waals surface area contributed by atoms with Crippen LogP contribution in [0.2, 0.25) is 0 Å². The van der Waals surface area contributed by atoms with Gasteiger partial charge >= 0.3 is 0 Å². The third-order valence-corrected chi connectivity index (χ3v) is 4.34. The number of rotatable bonds is 5. The summed E-state index contributed by atoms with van der Waals surface area (Å²) in [5, 5.41) is 11.4. The van der Waals surface area contributed by atoms with Crippen LogP contribution in [0.4, 0.5) is 5.69 Å². The summed E-state index contributed by atoms with van der Waals surface area (Å²) in [6.07, 6.45) is 0.362. The highest BCUT2D eigenvalue weighted by molar-refractivity contribution is 7.90. The topological polar surface area (TPSA) is 96.3 Å². The van der Waals surface area contributed by atoms with Crippen molar-refractivity contribution in [3.05, 3.63) is 54.1 Å². The van der Waals surface area contributed by atoms with Gasteiger partial charge in [-0.25, -0.2) is 8.42 Å². The molecule has 0 bridgehead atoms. The maximum absolute atomic E-state index is 12.1. The van der Waals surface area contributed by atoms with Gasteiger partial charge in [0.25, 0.3) is 5.91 Å². The SMILES string of the molecule is CC(Oc1ccc(C#N)cc1)C(=O)Nc1ccc(S(C)(=O)=O)cc1. The highest BCUT2D eigenvalue weighted by Gasteiger charge is 2.15. The van der Waals surface area contributed by atoms with Crippen molar-refractivity contribution >= 4 is 21.4 Å². The summed E-state index contributed by atoms with van der Waals surface area (Å²) in [7, 11) is -3.27. The van der Waals surface area contributed by atoms with Crippen LogP contribution >= 0.6 is 0 Å². The number of anilines is 1. The zero-order chi connectivity index (χ0) is 17.7. The maximum atomic E-state index is 12.1. The van der Waals surface area contributed by atoms with E-state index < -0.39 is 15.9 Å². The average Bonchev–Trinajstić information content (AvgIpc) is 2.55. The minimum absolute atomic E-state index is 0.183. The number of hydrogen-bond donors (Lipinski definition) is 1. The number of nitrogens with zero attached hydrogens (tertiary/aromatic N) is 1. The molecule has 1 atom stereocenters. The standard InChI is InChI=1S/C17H16N2O4S/c1-12(23-15-7-3-13(11-18)4-8-15)17(20)19-14-5-9-16(10-6-14)24(2,21)22/h3-10,12H,1-2H3,(H,19,20). The molecule has 2 aromatic carbocycles. The lowest BCUT2D eigenvalue weighted by molar-refractivity contribution is -0.122. The molecular formula is C17H16N2O4S. The number of ether oxygens (including phenoxy) is 1. The Kier molecular flexibility index (Phi) is 5.21. The molecule has 0 saturated heterocycles. The van der Waals surface area contributed by atoms with Crippen LogP contribution in [0.1, 0.15) is 12.5 Å². The number of nitriles is 1. The number of benzene rings is 2. The van der Waals surface area contributed by atoms with E-state index in [1.807, 2.05) is 6.07 Å². The van der Waals surface area contributed by atoms with Crippen LogP contribution in [0.25, 0.3) is 0 Å². The first kappa shape index (κ1) is 17.5. The summed E-state index contributed by atoms with van der Waals surface area (Å²) in [5.74, 6) is 0.107. The predicted molar refractivity (Wildman–Crippen MR) is 89.4 cm³/mol. The van der Waals surface area contributed by atoms with Gasteiger partial charge in [0, 0.05) is 11.9 Å². The lowest BCUT2D eigenvalue weighted by atomic mass is 10.2. The van der Waals surface area contributed by atoms with Gasteiger partial charge in [0.2, 0.25) is 0 Å². The molecule has 1 N–H and O–H groups in total. The zero-order valence-electron chi connectivity index (χ0n) is 13.2. The second-order valence-corrected chi connectivity index (χ2v) is 7.20. The molecule has 0 radical (unpaired) electrons. The predicted octanol–water partition coefficient (Wildman–Crippen LogP) is 2.37. The van der Waals surface area contributed by atoms with Crippen LogP contribution in [-0.2, 0) is 14.6 Å². The van der Waals surface area contributed by atoms with Crippen molar-refractivity contribution in [2.24, 2.45) is 0 Å². The molecule has 24 heavy (non-hydrogen) atoms. The number of carbonyl (C=O) groups is 1. The fourth-order valence-electron chi connectivity index (χ4n) is 1.90. The number of carbonyl (C=O) groups excluding carboxylic acids is 1. The van der Waals surface area contributed by atoms with Gasteiger partial charge in [-0.1, -0.05) is 0 Å². The quantitative estimate of drug-likeness (QED) is 0.898. The van der Waals surface area contributed by atoms with Crippen molar-refractivity contribution in [2.45, 2.75) is 17.9 Å². The summed E-state index contributed by atoms with van der Waals surface area (Å²) in [5.41, 5.74) is 0.980. The fraction of sp³-hybridized carbons (Fsp3) is 0.176. The minimum Gasteiger partial charge on any atom is -0.481 e. The second kappa shape index (κ2) is 7.15. The molecule has 6 nitrogen and oxygen atoms in total. The zero-order valence-corrected chi connectivity index (χ0v) is 14.0. The molecule has 1 amide bonds. The van der Waals surface area contributed by atoms with Gasteiger partial charge in [-0.2, -0.15) is 5.26 Å². The Bertz CT molecular complexity index is 866. The number of hydrogen-bond acceptors (Lipinski definition) is 5. The largest absolute Gasteiger partial charge is 0.481 e. The Morgan fingerprint density at radius 2 is 1.71 bits per heavy atom. The monoisotopic (exact) mass is 344 g/mol. The van der Waals surface area contributed by atoms with Crippen molar-refractivity contribution in [1.82, 2.24) is 0 Å². The van der Waals surface area contributed by atoms with E-state index in [9.17, 15) is 13.2 Å². The molecule has 0 aliphatic rings. The molecule has 0 fully saturated rings. The van der Waals surface area contributed by atoms with E-state index in [0.29, 0.717) is 17.0 Å². The summed E-state index contributed by atoms with van der Waals surface area (Å²) in [6.45, 7) is 1.60. The van der Waals surface area contributed by atoms with E-state index in [0.717, 1.165) is 6.26 Å². The van der Waals surface area contributed by atoms with Crippen molar-refractivity contribution in [3.8, 4) is 11.8 Å². The van der Waals surface area contributed by atoms with Crippen LogP contribution < -0.4 is 10.1 Å². The smallest absolute Gasteiger partial charge is 0.265 e. The highest BCUT2D eigenvalue weighted by Crippen LogP contribution is 2.16. The Balaban J connectivity index is 1.99. The highest BCUT2D eigenvalue weighted by atomic mass is 32.2. The Morgan fingerprint density at radius 3 is 2.21 bits per heavy atom. The maximum Gasteiger partial charge on any atom is 0.265 e. The van der Waals surface area contributed by atoms with Crippen molar-refractivity contribution in [3.63, 3.8) is 0 Å². The van der Waals surface area contributed by atoms with Crippen molar-refractivity contribution in [2.75, 3.05) is 11.6 Å². The van der Waals surface area contributed by atoms with Crippen LogP contribution in [0.5, 0.6) is 5.75 Å². The molecule has 1 unspecified atom stereocenters. The fourth-order valence-corrected chi connectivity index (χ4v) is 2.53. The molecule has 0 aliphatic heterocycles. The van der Waals surface area contributed by atoms with Gasteiger partial charge in [-0.15, -0.1) is 0 Å². The third-order valence-electron chi connectivity index (χ3n) is 3.22. The van der Waals surface area contributed by atoms with Crippen LogP contribution in [-0.4, -0.2) is 26.7 Å².